The Morgan fingerprint density at radius 1 is 0.742 bits per heavy atom. The minimum absolute atomic E-state index is 0.259. The van der Waals surface area contributed by atoms with Crippen molar-refractivity contribution in [3.63, 3.8) is 0 Å². The van der Waals surface area contributed by atoms with Crippen LogP contribution < -0.4 is 9.80 Å². The summed E-state index contributed by atoms with van der Waals surface area (Å²) in [5, 5.41) is 0. The zero-order valence-corrected chi connectivity index (χ0v) is 40.5. The summed E-state index contributed by atoms with van der Waals surface area (Å²) in [5.74, 6) is 0.259. The highest BCUT2D eigenvalue weighted by Crippen LogP contribution is 2.43. The molecular weight excluding hydrogens is 817 g/mol. The van der Waals surface area contributed by atoms with Gasteiger partial charge in [0.05, 0.1) is 5.69 Å². The minimum atomic E-state index is 0.259. The number of nitrogens with zero attached hydrogens (tertiary/aromatic N) is 2. The van der Waals surface area contributed by atoms with E-state index in [4.69, 9.17) is 0 Å². The van der Waals surface area contributed by atoms with Crippen molar-refractivity contribution in [1.29, 1.82) is 0 Å². The molecule has 3 heteroatoms. The Bertz CT molecular complexity index is 2850. The Balaban J connectivity index is 0.00000320. The average Bonchev–Trinajstić information content (AvgIpc) is 3.35. The zero-order chi connectivity index (χ0) is 46.4. The minimum Gasteiger partial charge on any atom is -0.317 e. The molecule has 0 aromatic heterocycles. The molecule has 1 heterocycles. The Morgan fingerprint density at radius 3 is 2.24 bits per heavy atom. The van der Waals surface area contributed by atoms with Gasteiger partial charge in [0.25, 0.3) is 0 Å². The van der Waals surface area contributed by atoms with E-state index in [0.29, 0.717) is 0 Å². The van der Waals surface area contributed by atoms with E-state index in [-0.39, 0.29) is 5.92 Å². The van der Waals surface area contributed by atoms with Gasteiger partial charge in [-0.2, -0.15) is 0 Å². The first kappa shape index (κ1) is 47.2. The first-order valence-corrected chi connectivity index (χ1v) is 24.7. The van der Waals surface area contributed by atoms with E-state index in [0.717, 1.165) is 53.9 Å². The summed E-state index contributed by atoms with van der Waals surface area (Å²) in [6.07, 6.45) is 31.7. The van der Waals surface area contributed by atoms with Crippen LogP contribution in [-0.4, -0.2) is 6.26 Å². The van der Waals surface area contributed by atoms with Crippen LogP contribution in [0.25, 0.3) is 27.8 Å². The van der Waals surface area contributed by atoms with Gasteiger partial charge in [0.15, 0.2) is 0 Å². The molecule has 1 aliphatic carbocycles. The van der Waals surface area contributed by atoms with Crippen LogP contribution in [0.2, 0.25) is 0 Å². The molecule has 0 saturated heterocycles. The molecule has 0 N–H and O–H groups in total. The molecule has 66 heavy (non-hydrogen) atoms. The number of aryl methyl sites for hydroxylation is 2. The maximum atomic E-state index is 4.49. The second kappa shape index (κ2) is 22.9. The van der Waals surface area contributed by atoms with Crippen molar-refractivity contribution in [1.82, 2.24) is 0 Å². The molecule has 0 spiro atoms. The summed E-state index contributed by atoms with van der Waals surface area (Å²) in [5.41, 5.74) is 19.6. The molecule has 0 bridgehead atoms. The van der Waals surface area contributed by atoms with Gasteiger partial charge in [0.2, 0.25) is 0 Å². The summed E-state index contributed by atoms with van der Waals surface area (Å²) in [4.78, 5) is 6.06. The first-order valence-electron chi connectivity index (χ1n) is 23.5. The number of benzene rings is 6. The molecule has 2 aliphatic rings. The van der Waals surface area contributed by atoms with Crippen molar-refractivity contribution in [2.75, 3.05) is 16.1 Å². The largest absolute Gasteiger partial charge is 0.317 e. The summed E-state index contributed by atoms with van der Waals surface area (Å²) in [7, 11) is 0. The molecule has 0 radical (unpaired) electrons. The number of thioether (sulfide) groups is 1. The standard InChI is InChI=1S/C61H58N2S.C2H6/c1-7-9-10-11-12-23-47-29-34-50(35-30-47)63(60-27-19-26-56(57(60)20-8-2)54-24-14-13-21-44(54)3)51-36-31-48(32-37-51)53-39-38-52(42-46(53)5)62-41-18-17-22-45(4)58-43-49(33-40-59(58)62)55-25-15-16-28-61(55)64-6;1-2/h7,9-19,21-22,24-31,33-43,48H,1,4,8,20,23,32H2,2-3,5-6H3;1-2H3/b10-9-,12-11-,22-17-,41-18-;. The summed E-state index contributed by atoms with van der Waals surface area (Å²) >= 11 is 1.78. The predicted molar refractivity (Wildman–Crippen MR) is 292 cm³/mol. The Morgan fingerprint density at radius 2 is 1.52 bits per heavy atom. The molecule has 332 valence electrons. The lowest BCUT2D eigenvalue weighted by atomic mass is 9.87. The second-order valence-electron chi connectivity index (χ2n) is 16.5. The van der Waals surface area contributed by atoms with Crippen LogP contribution in [-0.2, 0) is 12.8 Å². The third kappa shape index (κ3) is 10.7. The van der Waals surface area contributed by atoms with Gasteiger partial charge >= 0.3 is 0 Å². The Hall–Kier alpha value is -6.81. The summed E-state index contributed by atoms with van der Waals surface area (Å²) in [6, 6.07) is 47.1. The second-order valence-corrected chi connectivity index (χ2v) is 17.4. The van der Waals surface area contributed by atoms with Gasteiger partial charge in [-0.1, -0.05) is 174 Å². The average molecular weight is 881 g/mol. The van der Waals surface area contributed by atoms with E-state index in [2.05, 4.69) is 232 Å². The lowest BCUT2D eigenvalue weighted by Gasteiger charge is -2.32. The topological polar surface area (TPSA) is 6.48 Å². The zero-order valence-electron chi connectivity index (χ0n) is 39.7. The molecular formula is C63H64N2S. The maximum Gasteiger partial charge on any atom is 0.0534 e. The van der Waals surface area contributed by atoms with Gasteiger partial charge in [0, 0.05) is 45.3 Å². The van der Waals surface area contributed by atoms with Gasteiger partial charge in [-0.05, 0) is 156 Å². The highest BCUT2D eigenvalue weighted by molar-refractivity contribution is 7.98. The Kier molecular flexibility index (Phi) is 16.4. The van der Waals surface area contributed by atoms with E-state index in [1.165, 1.54) is 66.4 Å². The van der Waals surface area contributed by atoms with Crippen molar-refractivity contribution in [3.05, 3.63) is 253 Å². The molecule has 0 amide bonds. The van der Waals surface area contributed by atoms with Crippen LogP contribution in [0.1, 0.15) is 72.9 Å². The molecule has 6 aromatic rings. The number of rotatable bonds is 14. The van der Waals surface area contributed by atoms with Crippen molar-refractivity contribution < 1.29 is 0 Å². The highest BCUT2D eigenvalue weighted by atomic mass is 32.2. The van der Waals surface area contributed by atoms with E-state index < -0.39 is 0 Å². The van der Waals surface area contributed by atoms with Crippen molar-refractivity contribution >= 4 is 40.1 Å². The monoisotopic (exact) mass is 880 g/mol. The molecule has 8 rings (SSSR count). The third-order valence-corrected chi connectivity index (χ3v) is 13.1. The van der Waals surface area contributed by atoms with Crippen LogP contribution in [0.4, 0.5) is 22.7 Å². The maximum absolute atomic E-state index is 4.49. The number of hydrogen-bond acceptors (Lipinski definition) is 3. The molecule has 0 fully saturated rings. The number of anilines is 4. The van der Waals surface area contributed by atoms with Gasteiger partial charge in [-0.15, -0.1) is 11.8 Å². The van der Waals surface area contributed by atoms with E-state index in [1.54, 1.807) is 17.8 Å². The fourth-order valence-electron chi connectivity index (χ4n) is 9.05. The first-order chi connectivity index (χ1) is 32.4. The number of fused-ring (bicyclic) bond motifs is 1. The van der Waals surface area contributed by atoms with Crippen molar-refractivity contribution in [2.24, 2.45) is 0 Å². The van der Waals surface area contributed by atoms with E-state index in [1.807, 2.05) is 26.0 Å². The molecule has 1 atom stereocenters. The number of allylic oxidation sites excluding steroid dienone is 12. The lowest BCUT2D eigenvalue weighted by molar-refractivity contribution is 0.831. The van der Waals surface area contributed by atoms with Gasteiger partial charge < -0.3 is 9.80 Å². The molecule has 1 aliphatic heterocycles. The van der Waals surface area contributed by atoms with Gasteiger partial charge in [-0.25, -0.2) is 0 Å². The third-order valence-electron chi connectivity index (χ3n) is 12.3. The van der Waals surface area contributed by atoms with Crippen LogP contribution in [0.3, 0.4) is 0 Å². The smallest absolute Gasteiger partial charge is 0.0534 e. The highest BCUT2D eigenvalue weighted by Gasteiger charge is 2.24. The molecule has 0 saturated carbocycles. The molecule has 6 aromatic carbocycles. The van der Waals surface area contributed by atoms with Crippen LogP contribution in [0.5, 0.6) is 0 Å². The molecule has 2 nitrogen and oxygen atoms in total. The van der Waals surface area contributed by atoms with Crippen molar-refractivity contribution in [3.8, 4) is 22.3 Å². The van der Waals surface area contributed by atoms with Crippen LogP contribution >= 0.6 is 11.8 Å². The van der Waals surface area contributed by atoms with Crippen molar-refractivity contribution in [2.45, 2.75) is 71.1 Å². The van der Waals surface area contributed by atoms with Crippen LogP contribution in [0, 0.1) is 13.8 Å². The number of hydrogen-bond donors (Lipinski definition) is 0. The normalized spacial score (nSPS) is 15.4. The van der Waals surface area contributed by atoms with E-state index >= 15 is 0 Å². The quantitative estimate of drug-likeness (QED) is 0.0795. The predicted octanol–water partition coefficient (Wildman–Crippen LogP) is 18.2. The Labute approximate surface area is 400 Å². The fraction of sp³-hybridized carbons (Fsp3) is 0.175. The summed E-state index contributed by atoms with van der Waals surface area (Å²) < 4.78 is 0. The van der Waals surface area contributed by atoms with Gasteiger partial charge in [-0.3, -0.25) is 0 Å². The van der Waals surface area contributed by atoms with Crippen LogP contribution in [0.15, 0.2) is 224 Å². The van der Waals surface area contributed by atoms with Gasteiger partial charge in [0.1, 0.15) is 0 Å². The molecule has 1 unspecified atom stereocenters. The van der Waals surface area contributed by atoms with E-state index in [9.17, 15) is 0 Å². The SMILES string of the molecule is C=C/C=C\C=C/Cc1ccc(N(C2=CCC(c3ccc(N4/C=C\C=C/C(=C)c5cc(-c6ccccc6SC)ccc54)cc3C)C=C2)c2cccc(-c3ccccc3C)c2CCC)cc1.CC. The summed E-state index contributed by atoms with van der Waals surface area (Å²) in [6.45, 7) is 19.0. The fourth-order valence-corrected chi connectivity index (χ4v) is 9.67. The lowest BCUT2D eigenvalue weighted by Crippen LogP contribution is -2.19.